The number of furan rings is 1. The van der Waals surface area contributed by atoms with Crippen LogP contribution in [0.5, 0.6) is 0 Å². The normalized spacial score (nSPS) is 20.3. The molecule has 2 N–H and O–H groups in total. The van der Waals surface area contributed by atoms with E-state index < -0.39 is 0 Å². The molecule has 1 aliphatic rings. The quantitative estimate of drug-likeness (QED) is 0.770. The Bertz CT molecular complexity index is 307. The highest BCUT2D eigenvalue weighted by Crippen LogP contribution is 2.38. The summed E-state index contributed by atoms with van der Waals surface area (Å²) in [5.41, 5.74) is 7.41. The molecule has 2 heteroatoms. The molecule has 0 radical (unpaired) electrons. The van der Waals surface area contributed by atoms with Crippen molar-refractivity contribution in [2.75, 3.05) is 0 Å². The van der Waals surface area contributed by atoms with E-state index in [1.54, 1.807) is 6.26 Å². The standard InChI is InChI=1S/C11H15NO/c1-9(8-11(12)4-5-11)7-10-3-2-6-13-10/h2-3,6-7H,4-5,8,12H2,1H3/b9-7+. The third kappa shape index (κ3) is 2.22. The molecular formula is C11H15NO. The van der Waals surface area contributed by atoms with Crippen molar-refractivity contribution < 1.29 is 4.42 Å². The van der Waals surface area contributed by atoms with Crippen LogP contribution in [0.25, 0.3) is 6.08 Å². The maximum Gasteiger partial charge on any atom is 0.126 e. The van der Waals surface area contributed by atoms with Crippen LogP contribution >= 0.6 is 0 Å². The minimum Gasteiger partial charge on any atom is -0.465 e. The van der Waals surface area contributed by atoms with E-state index in [1.807, 2.05) is 12.1 Å². The lowest BCUT2D eigenvalue weighted by Gasteiger charge is -2.07. The lowest BCUT2D eigenvalue weighted by Crippen LogP contribution is -2.21. The molecule has 2 rings (SSSR count). The van der Waals surface area contributed by atoms with E-state index in [4.69, 9.17) is 10.2 Å². The summed E-state index contributed by atoms with van der Waals surface area (Å²) in [7, 11) is 0. The number of hydrogen-bond donors (Lipinski definition) is 1. The predicted octanol–water partition coefficient (Wildman–Crippen LogP) is 2.56. The Balaban J connectivity index is 2.00. The van der Waals surface area contributed by atoms with Crippen molar-refractivity contribution in [3.05, 3.63) is 29.7 Å². The summed E-state index contributed by atoms with van der Waals surface area (Å²) in [6.45, 7) is 2.11. The van der Waals surface area contributed by atoms with Crippen LogP contribution in [-0.4, -0.2) is 5.54 Å². The molecule has 2 nitrogen and oxygen atoms in total. The first-order chi connectivity index (χ1) is 6.18. The molecule has 1 aliphatic carbocycles. The van der Waals surface area contributed by atoms with Gasteiger partial charge in [-0.2, -0.15) is 0 Å². The van der Waals surface area contributed by atoms with Crippen LogP contribution < -0.4 is 5.73 Å². The largest absolute Gasteiger partial charge is 0.465 e. The van der Waals surface area contributed by atoms with E-state index in [0.29, 0.717) is 0 Å². The topological polar surface area (TPSA) is 39.2 Å². The van der Waals surface area contributed by atoms with Crippen molar-refractivity contribution in [1.29, 1.82) is 0 Å². The Hall–Kier alpha value is -1.02. The molecule has 0 aromatic carbocycles. The van der Waals surface area contributed by atoms with Crippen LogP contribution in [0.3, 0.4) is 0 Å². The van der Waals surface area contributed by atoms with Crippen molar-refractivity contribution in [1.82, 2.24) is 0 Å². The Morgan fingerprint density at radius 3 is 3.00 bits per heavy atom. The van der Waals surface area contributed by atoms with Gasteiger partial charge in [0.2, 0.25) is 0 Å². The fraction of sp³-hybridized carbons (Fsp3) is 0.455. The fourth-order valence-corrected chi connectivity index (χ4v) is 1.56. The van der Waals surface area contributed by atoms with Gasteiger partial charge in [0.05, 0.1) is 6.26 Å². The van der Waals surface area contributed by atoms with E-state index in [0.717, 1.165) is 25.0 Å². The predicted molar refractivity (Wildman–Crippen MR) is 53.1 cm³/mol. The van der Waals surface area contributed by atoms with Crippen molar-refractivity contribution in [2.24, 2.45) is 5.73 Å². The molecule has 0 amide bonds. The van der Waals surface area contributed by atoms with Gasteiger partial charge in [-0.25, -0.2) is 0 Å². The van der Waals surface area contributed by atoms with Crippen molar-refractivity contribution in [2.45, 2.75) is 31.7 Å². The number of hydrogen-bond acceptors (Lipinski definition) is 2. The molecule has 13 heavy (non-hydrogen) atoms. The van der Waals surface area contributed by atoms with Gasteiger partial charge in [0, 0.05) is 5.54 Å². The zero-order chi connectivity index (χ0) is 9.31. The molecule has 0 aliphatic heterocycles. The van der Waals surface area contributed by atoms with Crippen molar-refractivity contribution in [3.63, 3.8) is 0 Å². The molecule has 0 spiro atoms. The maximum absolute atomic E-state index is 6.01. The highest BCUT2D eigenvalue weighted by Gasteiger charge is 2.37. The van der Waals surface area contributed by atoms with Crippen LogP contribution in [-0.2, 0) is 0 Å². The average Bonchev–Trinajstić information content (AvgIpc) is 2.61. The second-order valence-electron chi connectivity index (χ2n) is 4.05. The van der Waals surface area contributed by atoms with Gasteiger partial charge in [-0.05, 0) is 44.4 Å². The van der Waals surface area contributed by atoms with Crippen LogP contribution in [0, 0.1) is 0 Å². The van der Waals surface area contributed by atoms with E-state index >= 15 is 0 Å². The molecule has 0 saturated heterocycles. The van der Waals surface area contributed by atoms with E-state index in [-0.39, 0.29) is 5.54 Å². The Morgan fingerprint density at radius 2 is 2.46 bits per heavy atom. The number of rotatable bonds is 3. The fourth-order valence-electron chi connectivity index (χ4n) is 1.56. The highest BCUT2D eigenvalue weighted by atomic mass is 16.3. The highest BCUT2D eigenvalue weighted by molar-refractivity contribution is 5.47. The van der Waals surface area contributed by atoms with Gasteiger partial charge in [0.25, 0.3) is 0 Å². The smallest absolute Gasteiger partial charge is 0.126 e. The Kier molecular flexibility index (Phi) is 2.00. The first-order valence-electron chi connectivity index (χ1n) is 4.68. The lowest BCUT2D eigenvalue weighted by molar-refractivity contribution is 0.555. The lowest BCUT2D eigenvalue weighted by atomic mass is 10.1. The molecule has 1 saturated carbocycles. The van der Waals surface area contributed by atoms with Gasteiger partial charge in [-0.3, -0.25) is 0 Å². The minimum absolute atomic E-state index is 0.104. The summed E-state index contributed by atoms with van der Waals surface area (Å²) < 4.78 is 5.22. The molecule has 1 aromatic heterocycles. The van der Waals surface area contributed by atoms with Gasteiger partial charge in [0.1, 0.15) is 5.76 Å². The summed E-state index contributed by atoms with van der Waals surface area (Å²) in [6.07, 6.45) is 7.07. The van der Waals surface area contributed by atoms with Gasteiger partial charge < -0.3 is 10.2 Å². The summed E-state index contributed by atoms with van der Waals surface area (Å²) >= 11 is 0. The van der Waals surface area contributed by atoms with Gasteiger partial charge in [-0.15, -0.1) is 0 Å². The molecule has 0 bridgehead atoms. The molecule has 0 atom stereocenters. The molecule has 1 aromatic rings. The number of nitrogens with two attached hydrogens (primary N) is 1. The maximum atomic E-state index is 6.01. The minimum atomic E-state index is 0.104. The molecule has 70 valence electrons. The third-order valence-electron chi connectivity index (χ3n) is 2.45. The van der Waals surface area contributed by atoms with Crippen LogP contribution in [0.1, 0.15) is 31.9 Å². The summed E-state index contributed by atoms with van der Waals surface area (Å²) in [5, 5.41) is 0. The van der Waals surface area contributed by atoms with Crippen molar-refractivity contribution >= 4 is 6.08 Å². The van der Waals surface area contributed by atoms with Crippen LogP contribution in [0.2, 0.25) is 0 Å². The summed E-state index contributed by atoms with van der Waals surface area (Å²) in [5.74, 6) is 0.918. The summed E-state index contributed by atoms with van der Waals surface area (Å²) in [6, 6.07) is 3.86. The molecular weight excluding hydrogens is 162 g/mol. The van der Waals surface area contributed by atoms with Gasteiger partial charge in [0.15, 0.2) is 0 Å². The van der Waals surface area contributed by atoms with Crippen LogP contribution in [0.4, 0.5) is 0 Å². The first-order valence-corrected chi connectivity index (χ1v) is 4.68. The van der Waals surface area contributed by atoms with Crippen LogP contribution in [0.15, 0.2) is 28.4 Å². The molecule has 1 fully saturated rings. The zero-order valence-corrected chi connectivity index (χ0v) is 7.92. The molecule has 1 heterocycles. The SMILES string of the molecule is C/C(=C\c1ccco1)CC1(N)CC1. The molecule has 0 unspecified atom stereocenters. The Morgan fingerprint density at radius 1 is 1.69 bits per heavy atom. The second-order valence-corrected chi connectivity index (χ2v) is 4.05. The Labute approximate surface area is 78.4 Å². The first kappa shape index (κ1) is 8.57. The third-order valence-corrected chi connectivity index (χ3v) is 2.45. The second kappa shape index (κ2) is 3.04. The van der Waals surface area contributed by atoms with Crippen molar-refractivity contribution in [3.8, 4) is 0 Å². The van der Waals surface area contributed by atoms with Gasteiger partial charge in [-0.1, -0.05) is 5.57 Å². The zero-order valence-electron chi connectivity index (χ0n) is 7.92. The average molecular weight is 177 g/mol. The summed E-state index contributed by atoms with van der Waals surface area (Å²) in [4.78, 5) is 0. The van der Waals surface area contributed by atoms with E-state index in [1.165, 1.54) is 5.57 Å². The van der Waals surface area contributed by atoms with Gasteiger partial charge >= 0.3 is 0 Å². The van der Waals surface area contributed by atoms with E-state index in [2.05, 4.69) is 13.0 Å². The monoisotopic (exact) mass is 177 g/mol. The van der Waals surface area contributed by atoms with E-state index in [9.17, 15) is 0 Å².